The fraction of sp³-hybridized carbons (Fsp3) is 1.00. The van der Waals surface area contributed by atoms with Crippen molar-refractivity contribution in [2.24, 2.45) is 11.8 Å². The first-order valence-electron chi connectivity index (χ1n) is 6.59. The summed E-state index contributed by atoms with van der Waals surface area (Å²) in [5.41, 5.74) is 0. The van der Waals surface area contributed by atoms with Gasteiger partial charge in [0.05, 0.1) is 19.8 Å². The zero-order valence-electron chi connectivity index (χ0n) is 10.8. The molecule has 0 aromatic heterocycles. The van der Waals surface area contributed by atoms with E-state index in [0.29, 0.717) is 6.61 Å². The molecule has 0 aliphatic heterocycles. The maximum atomic E-state index is 8.58. The second-order valence-corrected chi connectivity index (χ2v) is 5.22. The zero-order chi connectivity index (χ0) is 11.8. The highest BCUT2D eigenvalue weighted by Crippen LogP contribution is 2.28. The maximum Gasteiger partial charge on any atom is 0.0698 e. The standard InChI is InChI=1S/C13H27NO2/c1-12-3-5-13(6-4-12)11-14(2)7-9-16-10-8-15/h12-13,15H,3-11H2,1-2H3. The van der Waals surface area contributed by atoms with Crippen molar-refractivity contribution in [2.45, 2.75) is 32.6 Å². The van der Waals surface area contributed by atoms with Crippen LogP contribution in [0.1, 0.15) is 32.6 Å². The lowest BCUT2D eigenvalue weighted by atomic mass is 9.83. The average Bonchev–Trinajstić information content (AvgIpc) is 2.28. The van der Waals surface area contributed by atoms with Gasteiger partial charge in [-0.3, -0.25) is 0 Å². The summed E-state index contributed by atoms with van der Waals surface area (Å²) >= 11 is 0. The summed E-state index contributed by atoms with van der Waals surface area (Å²) in [5, 5.41) is 8.58. The molecule has 1 fully saturated rings. The van der Waals surface area contributed by atoms with Crippen molar-refractivity contribution >= 4 is 0 Å². The van der Waals surface area contributed by atoms with E-state index in [1.165, 1.54) is 32.2 Å². The van der Waals surface area contributed by atoms with Crippen LogP contribution in [0.15, 0.2) is 0 Å². The van der Waals surface area contributed by atoms with E-state index < -0.39 is 0 Å². The largest absolute Gasteiger partial charge is 0.394 e. The maximum absolute atomic E-state index is 8.58. The van der Waals surface area contributed by atoms with Gasteiger partial charge in [-0.1, -0.05) is 19.8 Å². The molecule has 1 N–H and O–H groups in total. The molecule has 3 heteroatoms. The average molecular weight is 229 g/mol. The molecule has 1 aliphatic carbocycles. The second-order valence-electron chi connectivity index (χ2n) is 5.22. The van der Waals surface area contributed by atoms with E-state index >= 15 is 0 Å². The molecule has 1 saturated carbocycles. The summed E-state index contributed by atoms with van der Waals surface area (Å²) in [7, 11) is 2.17. The van der Waals surface area contributed by atoms with Crippen LogP contribution < -0.4 is 0 Å². The number of likely N-dealkylation sites (N-methyl/N-ethyl adjacent to an activating group) is 1. The van der Waals surface area contributed by atoms with Gasteiger partial charge in [-0.2, -0.15) is 0 Å². The van der Waals surface area contributed by atoms with Crippen LogP contribution in [0.4, 0.5) is 0 Å². The Morgan fingerprint density at radius 3 is 2.50 bits per heavy atom. The molecule has 16 heavy (non-hydrogen) atoms. The molecule has 0 aromatic carbocycles. The van der Waals surface area contributed by atoms with E-state index in [-0.39, 0.29) is 6.61 Å². The molecule has 0 amide bonds. The lowest BCUT2D eigenvalue weighted by Crippen LogP contribution is -2.31. The highest BCUT2D eigenvalue weighted by atomic mass is 16.5. The zero-order valence-corrected chi connectivity index (χ0v) is 10.8. The number of hydrogen-bond acceptors (Lipinski definition) is 3. The molecule has 0 heterocycles. The quantitative estimate of drug-likeness (QED) is 0.675. The number of rotatable bonds is 7. The Bertz CT molecular complexity index is 167. The van der Waals surface area contributed by atoms with Gasteiger partial charge in [-0.25, -0.2) is 0 Å². The molecule has 0 radical (unpaired) electrons. The minimum Gasteiger partial charge on any atom is -0.394 e. The van der Waals surface area contributed by atoms with Gasteiger partial charge < -0.3 is 14.7 Å². The molecule has 0 aromatic rings. The lowest BCUT2D eigenvalue weighted by Gasteiger charge is -2.29. The Hall–Kier alpha value is -0.120. The minimum absolute atomic E-state index is 0.129. The smallest absolute Gasteiger partial charge is 0.0698 e. The van der Waals surface area contributed by atoms with Crippen LogP contribution in [-0.2, 0) is 4.74 Å². The van der Waals surface area contributed by atoms with Crippen molar-refractivity contribution in [3.63, 3.8) is 0 Å². The van der Waals surface area contributed by atoms with Gasteiger partial charge in [0, 0.05) is 13.1 Å². The fourth-order valence-corrected chi connectivity index (χ4v) is 2.43. The van der Waals surface area contributed by atoms with Crippen LogP contribution >= 0.6 is 0 Å². The first kappa shape index (κ1) is 13.9. The van der Waals surface area contributed by atoms with Crippen molar-refractivity contribution in [1.82, 2.24) is 4.90 Å². The predicted molar refractivity (Wildman–Crippen MR) is 66.5 cm³/mol. The van der Waals surface area contributed by atoms with Crippen molar-refractivity contribution in [1.29, 1.82) is 0 Å². The Morgan fingerprint density at radius 1 is 1.19 bits per heavy atom. The number of aliphatic hydroxyl groups excluding tert-OH is 1. The van der Waals surface area contributed by atoms with Gasteiger partial charge in [-0.15, -0.1) is 0 Å². The molecule has 0 unspecified atom stereocenters. The van der Waals surface area contributed by atoms with E-state index in [9.17, 15) is 0 Å². The first-order chi connectivity index (χ1) is 7.72. The number of nitrogens with zero attached hydrogens (tertiary/aromatic N) is 1. The molecule has 0 bridgehead atoms. The van der Waals surface area contributed by atoms with Gasteiger partial charge in [0.1, 0.15) is 0 Å². The minimum atomic E-state index is 0.129. The van der Waals surface area contributed by atoms with Crippen molar-refractivity contribution in [2.75, 3.05) is 40.0 Å². The lowest BCUT2D eigenvalue weighted by molar-refractivity contribution is 0.0736. The Balaban J connectivity index is 2.02. The fourth-order valence-electron chi connectivity index (χ4n) is 2.43. The topological polar surface area (TPSA) is 32.7 Å². The molecule has 1 aliphatic rings. The summed E-state index contributed by atoms with van der Waals surface area (Å²) < 4.78 is 5.27. The van der Waals surface area contributed by atoms with E-state index in [1.807, 2.05) is 0 Å². The third kappa shape index (κ3) is 5.83. The normalized spacial score (nSPS) is 26.2. The molecular formula is C13H27NO2. The van der Waals surface area contributed by atoms with Crippen LogP contribution in [0.3, 0.4) is 0 Å². The van der Waals surface area contributed by atoms with Crippen LogP contribution in [0.2, 0.25) is 0 Å². The summed E-state index contributed by atoms with van der Waals surface area (Å²) in [6.45, 7) is 5.88. The van der Waals surface area contributed by atoms with Crippen LogP contribution in [0.5, 0.6) is 0 Å². The Labute approximate surface area is 99.8 Å². The van der Waals surface area contributed by atoms with Crippen molar-refractivity contribution in [3.8, 4) is 0 Å². The van der Waals surface area contributed by atoms with Crippen LogP contribution in [0, 0.1) is 11.8 Å². The summed E-state index contributed by atoms with van der Waals surface area (Å²) in [6.07, 6.45) is 5.59. The SMILES string of the molecule is CC1CCC(CN(C)CCOCCO)CC1. The van der Waals surface area contributed by atoms with E-state index in [4.69, 9.17) is 9.84 Å². The number of hydrogen-bond donors (Lipinski definition) is 1. The van der Waals surface area contributed by atoms with Crippen molar-refractivity contribution in [3.05, 3.63) is 0 Å². The van der Waals surface area contributed by atoms with Gasteiger partial charge in [0.15, 0.2) is 0 Å². The van der Waals surface area contributed by atoms with Gasteiger partial charge in [0.25, 0.3) is 0 Å². The Kier molecular flexibility index (Phi) is 7.01. The first-order valence-corrected chi connectivity index (χ1v) is 6.59. The van der Waals surface area contributed by atoms with Gasteiger partial charge in [-0.05, 0) is 31.7 Å². The number of aliphatic hydroxyl groups is 1. The molecule has 0 spiro atoms. The van der Waals surface area contributed by atoms with Crippen molar-refractivity contribution < 1.29 is 9.84 Å². The molecular weight excluding hydrogens is 202 g/mol. The summed E-state index contributed by atoms with van der Waals surface area (Å²) in [4.78, 5) is 2.36. The molecule has 1 rings (SSSR count). The molecule has 96 valence electrons. The predicted octanol–water partition coefficient (Wildman–Crippen LogP) is 1.75. The van der Waals surface area contributed by atoms with E-state index in [2.05, 4.69) is 18.9 Å². The third-order valence-corrected chi connectivity index (χ3v) is 3.56. The van der Waals surface area contributed by atoms with E-state index in [0.717, 1.165) is 25.0 Å². The van der Waals surface area contributed by atoms with Gasteiger partial charge >= 0.3 is 0 Å². The third-order valence-electron chi connectivity index (χ3n) is 3.56. The summed E-state index contributed by atoms with van der Waals surface area (Å²) in [6, 6.07) is 0. The number of ether oxygens (including phenoxy) is 1. The Morgan fingerprint density at radius 2 is 1.88 bits per heavy atom. The second kappa shape index (κ2) is 8.04. The molecule has 0 saturated heterocycles. The molecule has 0 atom stereocenters. The highest BCUT2D eigenvalue weighted by Gasteiger charge is 2.19. The van der Waals surface area contributed by atoms with Crippen LogP contribution in [0.25, 0.3) is 0 Å². The van der Waals surface area contributed by atoms with Gasteiger partial charge in [0.2, 0.25) is 0 Å². The van der Waals surface area contributed by atoms with E-state index in [1.54, 1.807) is 0 Å². The highest BCUT2D eigenvalue weighted by molar-refractivity contribution is 4.72. The summed E-state index contributed by atoms with van der Waals surface area (Å²) in [5.74, 6) is 1.83. The van der Waals surface area contributed by atoms with Crippen LogP contribution in [-0.4, -0.2) is 50.0 Å². The monoisotopic (exact) mass is 229 g/mol. The molecule has 3 nitrogen and oxygen atoms in total.